The van der Waals surface area contributed by atoms with Crippen molar-refractivity contribution >= 4 is 10.9 Å². The molecule has 3 nitrogen and oxygen atoms in total. The predicted molar refractivity (Wildman–Crippen MR) is 33.2 cm³/mol. The highest BCUT2D eigenvalue weighted by Gasteiger charge is 1.93. The maximum Gasteiger partial charge on any atom is 0.203 e. The molecule has 0 aromatic carbocycles. The lowest BCUT2D eigenvalue weighted by atomic mass is 10.5. The molecule has 0 aliphatic heterocycles. The van der Waals surface area contributed by atoms with Gasteiger partial charge in [-0.25, -0.2) is 12.7 Å². The third kappa shape index (κ3) is 2.98. The highest BCUT2D eigenvalue weighted by Crippen LogP contribution is 1.82. The molecular formula is C4H11NO2S. The van der Waals surface area contributed by atoms with Crippen LogP contribution in [-0.2, 0) is 10.9 Å². The summed E-state index contributed by atoms with van der Waals surface area (Å²) in [4.78, 5) is 0. The molecule has 0 fully saturated rings. The summed E-state index contributed by atoms with van der Waals surface area (Å²) < 4.78 is 21.4. The summed E-state index contributed by atoms with van der Waals surface area (Å²) in [5.74, 6) is 0. The molecule has 0 atom stereocenters. The number of thiol groups is 1. The Kier molecular flexibility index (Phi) is 3.81. The quantitative estimate of drug-likeness (QED) is 0.549. The summed E-state index contributed by atoms with van der Waals surface area (Å²) in [5, 5.41) is 0. The Morgan fingerprint density at radius 2 is 2.00 bits per heavy atom. The number of rotatable bonds is 3. The van der Waals surface area contributed by atoms with Crippen molar-refractivity contribution < 1.29 is 8.42 Å². The van der Waals surface area contributed by atoms with Crippen molar-refractivity contribution in [2.24, 2.45) is 0 Å². The van der Waals surface area contributed by atoms with E-state index in [0.717, 1.165) is 6.42 Å². The summed E-state index contributed by atoms with van der Waals surface area (Å²) in [5.41, 5.74) is 0. The van der Waals surface area contributed by atoms with Crippen molar-refractivity contribution in [1.82, 2.24) is 4.31 Å². The van der Waals surface area contributed by atoms with Crippen LogP contribution < -0.4 is 0 Å². The number of nitrogens with zero attached hydrogens (tertiary/aromatic N) is 1. The van der Waals surface area contributed by atoms with Crippen molar-refractivity contribution in [2.45, 2.75) is 13.3 Å². The van der Waals surface area contributed by atoms with Gasteiger partial charge in [0.25, 0.3) is 0 Å². The van der Waals surface area contributed by atoms with Crippen LogP contribution in [0.3, 0.4) is 0 Å². The molecule has 0 aromatic heterocycles. The van der Waals surface area contributed by atoms with Gasteiger partial charge in [0.15, 0.2) is 0 Å². The van der Waals surface area contributed by atoms with E-state index in [2.05, 4.69) is 0 Å². The first-order valence-electron chi connectivity index (χ1n) is 2.54. The molecule has 0 aliphatic carbocycles. The molecule has 0 heterocycles. The van der Waals surface area contributed by atoms with Gasteiger partial charge in [-0.2, -0.15) is 0 Å². The van der Waals surface area contributed by atoms with Gasteiger partial charge in [-0.3, -0.25) is 0 Å². The highest BCUT2D eigenvalue weighted by molar-refractivity contribution is 7.69. The maximum absolute atomic E-state index is 10.1. The first kappa shape index (κ1) is 7.91. The Hall–Kier alpha value is -0.0900. The summed E-state index contributed by atoms with van der Waals surface area (Å²) >= 11 is 0. The van der Waals surface area contributed by atoms with E-state index in [9.17, 15) is 8.42 Å². The zero-order valence-corrected chi connectivity index (χ0v) is 6.02. The van der Waals surface area contributed by atoms with Crippen molar-refractivity contribution in [3.63, 3.8) is 0 Å². The Balaban J connectivity index is 3.48. The smallest absolute Gasteiger partial charge is 0.203 e. The van der Waals surface area contributed by atoms with E-state index in [1.807, 2.05) is 6.92 Å². The summed E-state index contributed by atoms with van der Waals surface area (Å²) in [6, 6.07) is 0. The van der Waals surface area contributed by atoms with Crippen LogP contribution in [0.5, 0.6) is 0 Å². The van der Waals surface area contributed by atoms with Gasteiger partial charge in [0.05, 0.1) is 0 Å². The summed E-state index contributed by atoms with van der Waals surface area (Å²) in [7, 11) is -0.770. The molecule has 8 heavy (non-hydrogen) atoms. The molecule has 0 amide bonds. The molecule has 0 unspecified atom stereocenters. The van der Waals surface area contributed by atoms with Crippen LogP contribution in [-0.4, -0.2) is 26.3 Å². The van der Waals surface area contributed by atoms with Crippen LogP contribution in [0.2, 0.25) is 0 Å². The molecular weight excluding hydrogens is 126 g/mol. The molecule has 0 rings (SSSR count). The standard InChI is InChI=1S/C4H11NO2S/c1-3-4-5(2)8(6)7/h8H,3-4H2,1-2H3. The van der Waals surface area contributed by atoms with Gasteiger partial charge in [-0.15, -0.1) is 0 Å². The van der Waals surface area contributed by atoms with E-state index in [1.54, 1.807) is 7.05 Å². The fourth-order valence-electron chi connectivity index (χ4n) is 0.405. The molecule has 0 spiro atoms. The predicted octanol–water partition coefficient (Wildman–Crippen LogP) is -0.145. The summed E-state index contributed by atoms with van der Waals surface area (Å²) in [6.45, 7) is 2.56. The van der Waals surface area contributed by atoms with Gasteiger partial charge in [-0.05, 0) is 6.42 Å². The molecule has 0 saturated carbocycles. The molecule has 0 aliphatic rings. The fourth-order valence-corrected chi connectivity index (χ4v) is 0.769. The van der Waals surface area contributed by atoms with Crippen LogP contribution >= 0.6 is 0 Å². The average Bonchev–Trinajstić information content (AvgIpc) is 1.67. The number of hydrogen-bond donors (Lipinski definition) is 1. The Labute approximate surface area is 51.4 Å². The second-order valence-corrected chi connectivity index (χ2v) is 2.78. The SMILES string of the molecule is CCCN(C)[SH](=O)=O. The minimum Gasteiger partial charge on any atom is -0.215 e. The van der Waals surface area contributed by atoms with Crippen LogP contribution in [0.1, 0.15) is 13.3 Å². The summed E-state index contributed by atoms with van der Waals surface area (Å²) in [6.07, 6.45) is 0.875. The maximum atomic E-state index is 10.1. The Morgan fingerprint density at radius 3 is 2.12 bits per heavy atom. The molecule has 0 saturated heterocycles. The molecule has 0 bridgehead atoms. The van der Waals surface area contributed by atoms with E-state index in [0.29, 0.717) is 6.54 Å². The first-order valence-corrected chi connectivity index (χ1v) is 3.67. The first-order chi connectivity index (χ1) is 3.68. The van der Waals surface area contributed by atoms with E-state index in [1.165, 1.54) is 4.31 Å². The van der Waals surface area contributed by atoms with Crippen LogP contribution in [0.15, 0.2) is 0 Å². The fraction of sp³-hybridized carbons (Fsp3) is 1.00. The molecule has 50 valence electrons. The van der Waals surface area contributed by atoms with Gasteiger partial charge in [0.2, 0.25) is 10.9 Å². The molecule has 0 radical (unpaired) electrons. The van der Waals surface area contributed by atoms with E-state index < -0.39 is 10.9 Å². The average molecular weight is 137 g/mol. The van der Waals surface area contributed by atoms with E-state index in [4.69, 9.17) is 0 Å². The van der Waals surface area contributed by atoms with Crippen LogP contribution in [0.25, 0.3) is 0 Å². The van der Waals surface area contributed by atoms with Crippen molar-refractivity contribution in [3.8, 4) is 0 Å². The lowest BCUT2D eigenvalue weighted by Gasteiger charge is -2.03. The minimum atomic E-state index is -2.33. The second kappa shape index (κ2) is 3.86. The highest BCUT2D eigenvalue weighted by atomic mass is 32.2. The third-order valence-corrected chi connectivity index (χ3v) is 1.58. The minimum absolute atomic E-state index is 0.624. The van der Waals surface area contributed by atoms with E-state index >= 15 is 0 Å². The molecule has 0 aromatic rings. The van der Waals surface area contributed by atoms with Crippen LogP contribution in [0, 0.1) is 0 Å². The molecule has 4 heteroatoms. The lowest BCUT2D eigenvalue weighted by molar-refractivity contribution is 0.487. The van der Waals surface area contributed by atoms with Gasteiger partial charge in [-0.1, -0.05) is 6.92 Å². The van der Waals surface area contributed by atoms with Crippen molar-refractivity contribution in [3.05, 3.63) is 0 Å². The third-order valence-electron chi connectivity index (χ3n) is 0.826. The monoisotopic (exact) mass is 137 g/mol. The zero-order chi connectivity index (χ0) is 6.57. The largest absolute Gasteiger partial charge is 0.215 e. The second-order valence-electron chi connectivity index (χ2n) is 1.62. The van der Waals surface area contributed by atoms with Gasteiger partial charge >= 0.3 is 0 Å². The van der Waals surface area contributed by atoms with Crippen molar-refractivity contribution in [2.75, 3.05) is 13.6 Å². The molecule has 0 N–H and O–H groups in total. The Morgan fingerprint density at radius 1 is 1.50 bits per heavy atom. The zero-order valence-electron chi connectivity index (χ0n) is 5.13. The van der Waals surface area contributed by atoms with Gasteiger partial charge in [0, 0.05) is 13.6 Å². The van der Waals surface area contributed by atoms with Crippen molar-refractivity contribution in [1.29, 1.82) is 0 Å². The lowest BCUT2D eigenvalue weighted by Crippen LogP contribution is -2.16. The number of hydrogen-bond acceptors (Lipinski definition) is 2. The van der Waals surface area contributed by atoms with Crippen LogP contribution in [0.4, 0.5) is 0 Å². The normalized spacial score (nSPS) is 11.0. The topological polar surface area (TPSA) is 37.4 Å². The van der Waals surface area contributed by atoms with Gasteiger partial charge < -0.3 is 0 Å². The van der Waals surface area contributed by atoms with Gasteiger partial charge in [0.1, 0.15) is 0 Å². The Bertz CT molecular complexity index is 113. The van der Waals surface area contributed by atoms with E-state index in [-0.39, 0.29) is 0 Å².